The highest BCUT2D eigenvalue weighted by molar-refractivity contribution is 6.30. The Morgan fingerprint density at radius 1 is 1.00 bits per heavy atom. The molecule has 1 amide bonds. The standard InChI is InChI=1S/C25H26ClNO3/c1-4-29-24-14-11-20(15-21(24)16-30-23-8-6-5-7-17(23)2)25(28)27-18(3)19-9-12-22(26)13-10-19/h5-15,18H,4,16H2,1-3H3,(H,27,28)/t18-/m1/s1. The monoisotopic (exact) mass is 423 g/mol. The predicted octanol–water partition coefficient (Wildman–Crippen LogP) is 6.12. The van der Waals surface area contributed by atoms with Crippen molar-refractivity contribution in [2.24, 2.45) is 0 Å². The third-order valence-corrected chi connectivity index (χ3v) is 5.07. The fourth-order valence-corrected chi connectivity index (χ4v) is 3.24. The van der Waals surface area contributed by atoms with E-state index in [0.29, 0.717) is 29.5 Å². The summed E-state index contributed by atoms with van der Waals surface area (Å²) < 4.78 is 11.7. The molecule has 3 aromatic carbocycles. The van der Waals surface area contributed by atoms with Gasteiger partial charge in [0.05, 0.1) is 12.6 Å². The van der Waals surface area contributed by atoms with Gasteiger partial charge in [-0.2, -0.15) is 0 Å². The van der Waals surface area contributed by atoms with Gasteiger partial charge in [0.25, 0.3) is 5.91 Å². The van der Waals surface area contributed by atoms with E-state index in [1.165, 1.54) is 0 Å². The Morgan fingerprint density at radius 2 is 1.73 bits per heavy atom. The summed E-state index contributed by atoms with van der Waals surface area (Å²) in [4.78, 5) is 12.8. The van der Waals surface area contributed by atoms with Gasteiger partial charge in [-0.3, -0.25) is 4.79 Å². The number of ether oxygens (including phenoxy) is 2. The SMILES string of the molecule is CCOc1ccc(C(=O)N[C@H](C)c2ccc(Cl)cc2)cc1COc1ccccc1C. The molecular formula is C25H26ClNO3. The maximum atomic E-state index is 12.8. The number of para-hydroxylation sites is 1. The molecule has 0 unspecified atom stereocenters. The minimum Gasteiger partial charge on any atom is -0.493 e. The van der Waals surface area contributed by atoms with Gasteiger partial charge in [-0.15, -0.1) is 0 Å². The molecule has 156 valence electrons. The number of benzene rings is 3. The number of halogens is 1. The van der Waals surface area contributed by atoms with Crippen LogP contribution in [0.5, 0.6) is 11.5 Å². The van der Waals surface area contributed by atoms with Crippen molar-refractivity contribution in [3.63, 3.8) is 0 Å². The van der Waals surface area contributed by atoms with Crippen LogP contribution in [0, 0.1) is 6.92 Å². The van der Waals surface area contributed by atoms with Crippen molar-refractivity contribution >= 4 is 17.5 Å². The van der Waals surface area contributed by atoms with Crippen LogP contribution in [0.25, 0.3) is 0 Å². The molecule has 1 atom stereocenters. The average molecular weight is 424 g/mol. The summed E-state index contributed by atoms with van der Waals surface area (Å²) in [5, 5.41) is 3.70. The van der Waals surface area contributed by atoms with Crippen molar-refractivity contribution in [1.29, 1.82) is 0 Å². The average Bonchev–Trinajstić information content (AvgIpc) is 2.74. The van der Waals surface area contributed by atoms with E-state index < -0.39 is 0 Å². The molecule has 3 rings (SSSR count). The first kappa shape index (κ1) is 21.7. The topological polar surface area (TPSA) is 47.6 Å². The van der Waals surface area contributed by atoms with Gasteiger partial charge in [-0.05, 0) is 68.3 Å². The number of carbonyl (C=O) groups is 1. The lowest BCUT2D eigenvalue weighted by atomic mass is 10.1. The van der Waals surface area contributed by atoms with E-state index in [1.54, 1.807) is 6.07 Å². The number of hydrogen-bond acceptors (Lipinski definition) is 3. The highest BCUT2D eigenvalue weighted by atomic mass is 35.5. The normalized spacial score (nSPS) is 11.6. The number of aryl methyl sites for hydroxylation is 1. The molecule has 0 aromatic heterocycles. The van der Waals surface area contributed by atoms with Crippen LogP contribution in [0.3, 0.4) is 0 Å². The van der Waals surface area contributed by atoms with Gasteiger partial charge >= 0.3 is 0 Å². The van der Waals surface area contributed by atoms with Crippen LogP contribution in [0.2, 0.25) is 5.02 Å². The summed E-state index contributed by atoms with van der Waals surface area (Å²) >= 11 is 5.95. The predicted molar refractivity (Wildman–Crippen MR) is 120 cm³/mol. The van der Waals surface area contributed by atoms with Gasteiger partial charge in [0.15, 0.2) is 0 Å². The first-order valence-corrected chi connectivity index (χ1v) is 10.4. The van der Waals surface area contributed by atoms with Crippen LogP contribution >= 0.6 is 11.6 Å². The zero-order valence-corrected chi connectivity index (χ0v) is 18.2. The fourth-order valence-electron chi connectivity index (χ4n) is 3.12. The maximum absolute atomic E-state index is 12.8. The van der Waals surface area contributed by atoms with Crippen molar-refractivity contribution < 1.29 is 14.3 Å². The van der Waals surface area contributed by atoms with E-state index in [4.69, 9.17) is 21.1 Å². The lowest BCUT2D eigenvalue weighted by Crippen LogP contribution is -2.26. The summed E-state index contributed by atoms with van der Waals surface area (Å²) in [7, 11) is 0. The molecule has 0 heterocycles. The molecule has 0 saturated carbocycles. The van der Waals surface area contributed by atoms with Crippen LogP contribution in [0.1, 0.15) is 46.9 Å². The Bertz CT molecular complexity index is 1000. The zero-order valence-electron chi connectivity index (χ0n) is 17.4. The third-order valence-electron chi connectivity index (χ3n) is 4.82. The summed E-state index contributed by atoms with van der Waals surface area (Å²) in [6.07, 6.45) is 0. The second-order valence-corrected chi connectivity index (χ2v) is 7.49. The van der Waals surface area contributed by atoms with Crippen LogP contribution in [-0.2, 0) is 6.61 Å². The Morgan fingerprint density at radius 3 is 2.43 bits per heavy atom. The maximum Gasteiger partial charge on any atom is 0.251 e. The molecule has 0 radical (unpaired) electrons. The molecule has 4 nitrogen and oxygen atoms in total. The minimum atomic E-state index is -0.155. The van der Waals surface area contributed by atoms with E-state index in [2.05, 4.69) is 5.32 Å². The number of carbonyl (C=O) groups excluding carboxylic acids is 1. The van der Waals surface area contributed by atoms with Crippen molar-refractivity contribution in [1.82, 2.24) is 5.32 Å². The molecule has 0 aliphatic rings. The largest absolute Gasteiger partial charge is 0.493 e. The van der Waals surface area contributed by atoms with E-state index in [-0.39, 0.29) is 11.9 Å². The van der Waals surface area contributed by atoms with E-state index in [1.807, 2.05) is 81.4 Å². The first-order chi connectivity index (χ1) is 14.5. The van der Waals surface area contributed by atoms with Crippen LogP contribution in [0.4, 0.5) is 0 Å². The Balaban J connectivity index is 1.76. The van der Waals surface area contributed by atoms with Crippen LogP contribution in [-0.4, -0.2) is 12.5 Å². The lowest BCUT2D eigenvalue weighted by Gasteiger charge is -2.17. The quantitative estimate of drug-likeness (QED) is 0.475. The van der Waals surface area contributed by atoms with E-state index >= 15 is 0 Å². The minimum absolute atomic E-state index is 0.145. The second kappa shape index (κ2) is 10.2. The molecule has 0 aliphatic carbocycles. The third kappa shape index (κ3) is 5.55. The first-order valence-electron chi connectivity index (χ1n) is 9.98. The molecule has 30 heavy (non-hydrogen) atoms. The van der Waals surface area contributed by atoms with Crippen molar-refractivity contribution in [3.05, 3.63) is 94.0 Å². The number of hydrogen-bond donors (Lipinski definition) is 1. The summed E-state index contributed by atoms with van der Waals surface area (Å²) in [5.41, 5.74) is 3.43. The van der Waals surface area contributed by atoms with E-state index in [9.17, 15) is 4.79 Å². The van der Waals surface area contributed by atoms with Gasteiger partial charge in [-0.1, -0.05) is 41.9 Å². The van der Waals surface area contributed by atoms with Gasteiger partial charge < -0.3 is 14.8 Å². The summed E-state index contributed by atoms with van der Waals surface area (Å²) in [6, 6.07) is 20.6. The van der Waals surface area contributed by atoms with Crippen molar-refractivity contribution in [3.8, 4) is 11.5 Å². The van der Waals surface area contributed by atoms with Crippen molar-refractivity contribution in [2.75, 3.05) is 6.61 Å². The Kier molecular flexibility index (Phi) is 7.36. The highest BCUT2D eigenvalue weighted by Gasteiger charge is 2.15. The van der Waals surface area contributed by atoms with Gasteiger partial charge in [-0.25, -0.2) is 0 Å². The summed E-state index contributed by atoms with van der Waals surface area (Å²) in [6.45, 7) is 6.73. The zero-order chi connectivity index (χ0) is 21.5. The number of nitrogens with one attached hydrogen (secondary N) is 1. The number of amides is 1. The van der Waals surface area contributed by atoms with Crippen LogP contribution < -0.4 is 14.8 Å². The van der Waals surface area contributed by atoms with Gasteiger partial charge in [0.2, 0.25) is 0 Å². The fraction of sp³-hybridized carbons (Fsp3) is 0.240. The molecular weight excluding hydrogens is 398 g/mol. The van der Waals surface area contributed by atoms with Gasteiger partial charge in [0.1, 0.15) is 18.1 Å². The molecule has 3 aromatic rings. The number of rotatable bonds is 8. The molecule has 5 heteroatoms. The second-order valence-electron chi connectivity index (χ2n) is 7.06. The molecule has 1 N–H and O–H groups in total. The molecule has 0 spiro atoms. The molecule has 0 aliphatic heterocycles. The van der Waals surface area contributed by atoms with E-state index in [0.717, 1.165) is 22.4 Å². The highest BCUT2D eigenvalue weighted by Crippen LogP contribution is 2.25. The summed E-state index contributed by atoms with van der Waals surface area (Å²) in [5.74, 6) is 1.37. The Hall–Kier alpha value is -2.98. The molecule has 0 saturated heterocycles. The van der Waals surface area contributed by atoms with Crippen LogP contribution in [0.15, 0.2) is 66.7 Å². The molecule has 0 fully saturated rings. The van der Waals surface area contributed by atoms with Gasteiger partial charge in [0, 0.05) is 16.1 Å². The molecule has 0 bridgehead atoms. The van der Waals surface area contributed by atoms with Crippen molar-refractivity contribution in [2.45, 2.75) is 33.4 Å². The Labute approximate surface area is 182 Å². The lowest BCUT2D eigenvalue weighted by molar-refractivity contribution is 0.0939. The smallest absolute Gasteiger partial charge is 0.251 e.